The van der Waals surface area contributed by atoms with Crippen LogP contribution in [0.4, 0.5) is 74.6 Å². The molecule has 0 aromatic rings. The lowest BCUT2D eigenvalue weighted by atomic mass is 9.88. The standard InChI is InChI=1S/C12H6F17NO3/c1-2(3(31)32)30-4(33)5(13,14)6(15,16)7(17,18)8(19,20)9(21,22)10(23,24)11(25,26)12(27,28)29/h2H,1H3,(H,30,33)(H,31,32). The first-order valence-electron chi connectivity index (χ1n) is 7.25. The lowest BCUT2D eigenvalue weighted by Crippen LogP contribution is -2.75. The molecule has 0 rings (SSSR count). The van der Waals surface area contributed by atoms with Gasteiger partial charge in [0.2, 0.25) is 0 Å². The molecule has 33 heavy (non-hydrogen) atoms. The van der Waals surface area contributed by atoms with E-state index in [0.29, 0.717) is 5.32 Å². The number of hydrogen-bond acceptors (Lipinski definition) is 2. The largest absolute Gasteiger partial charge is 0.480 e. The third kappa shape index (κ3) is 4.10. The molecule has 1 amide bonds. The summed E-state index contributed by atoms with van der Waals surface area (Å²) in [5, 5.41) is 8.58. The number of carboxylic acids is 1. The topological polar surface area (TPSA) is 66.4 Å². The fourth-order valence-corrected chi connectivity index (χ4v) is 1.66. The first-order valence-corrected chi connectivity index (χ1v) is 7.25. The Bertz CT molecular complexity index is 772. The summed E-state index contributed by atoms with van der Waals surface area (Å²) in [5.74, 6) is -65.0. The maximum absolute atomic E-state index is 13.4. The zero-order chi connectivity index (χ0) is 27.4. The molecule has 0 aromatic carbocycles. The molecule has 2 N–H and O–H groups in total. The van der Waals surface area contributed by atoms with E-state index in [2.05, 4.69) is 0 Å². The number of halogens is 17. The normalized spacial score (nSPS) is 16.4. The van der Waals surface area contributed by atoms with Crippen LogP contribution in [0.1, 0.15) is 6.92 Å². The van der Waals surface area contributed by atoms with Crippen LogP contribution in [0, 0.1) is 0 Å². The van der Waals surface area contributed by atoms with Crippen molar-refractivity contribution < 1.29 is 89.3 Å². The fourth-order valence-electron chi connectivity index (χ4n) is 1.66. The van der Waals surface area contributed by atoms with E-state index in [1.807, 2.05) is 0 Å². The van der Waals surface area contributed by atoms with Crippen LogP contribution in [0.5, 0.6) is 0 Å². The number of carbonyl (C=O) groups is 2. The van der Waals surface area contributed by atoms with Crippen molar-refractivity contribution in [1.82, 2.24) is 5.32 Å². The minimum Gasteiger partial charge on any atom is -0.480 e. The first-order chi connectivity index (χ1) is 14.0. The molecule has 0 spiro atoms. The number of amides is 1. The second-order valence-corrected chi connectivity index (χ2v) is 6.05. The number of carbonyl (C=O) groups excluding carboxylic acids is 1. The number of carboxylic acid groups (broad SMARTS) is 1. The van der Waals surface area contributed by atoms with E-state index in [1.165, 1.54) is 0 Å². The zero-order valence-corrected chi connectivity index (χ0v) is 14.8. The molecular weight excluding hydrogens is 529 g/mol. The van der Waals surface area contributed by atoms with Crippen LogP contribution in [-0.4, -0.2) is 70.7 Å². The van der Waals surface area contributed by atoms with Crippen LogP contribution in [0.2, 0.25) is 0 Å². The van der Waals surface area contributed by atoms with Crippen molar-refractivity contribution in [1.29, 1.82) is 0 Å². The van der Waals surface area contributed by atoms with Gasteiger partial charge in [-0.3, -0.25) is 9.59 Å². The van der Waals surface area contributed by atoms with Gasteiger partial charge in [-0.05, 0) is 6.92 Å². The number of nitrogens with one attached hydrogen (secondary N) is 1. The molecule has 0 aromatic heterocycles. The van der Waals surface area contributed by atoms with Crippen LogP contribution >= 0.6 is 0 Å². The van der Waals surface area contributed by atoms with Gasteiger partial charge >= 0.3 is 53.6 Å². The van der Waals surface area contributed by atoms with Crippen molar-refractivity contribution in [2.75, 3.05) is 0 Å². The molecular formula is C12H6F17NO3. The molecule has 0 aliphatic carbocycles. The molecule has 0 aliphatic rings. The Labute approximate surface area is 168 Å². The molecule has 196 valence electrons. The van der Waals surface area contributed by atoms with E-state index in [4.69, 9.17) is 5.11 Å². The van der Waals surface area contributed by atoms with Crippen LogP contribution in [0.3, 0.4) is 0 Å². The van der Waals surface area contributed by atoms with Crippen LogP contribution in [0.15, 0.2) is 0 Å². The lowest BCUT2D eigenvalue weighted by Gasteiger charge is -2.42. The Morgan fingerprint density at radius 3 is 1.12 bits per heavy atom. The monoisotopic (exact) mass is 535 g/mol. The van der Waals surface area contributed by atoms with Crippen molar-refractivity contribution in [3.8, 4) is 0 Å². The fraction of sp³-hybridized carbons (Fsp3) is 0.833. The highest BCUT2D eigenvalue weighted by Gasteiger charge is 2.95. The van der Waals surface area contributed by atoms with Crippen molar-refractivity contribution in [2.24, 2.45) is 0 Å². The molecule has 0 bridgehead atoms. The third-order valence-electron chi connectivity index (χ3n) is 3.73. The summed E-state index contributed by atoms with van der Waals surface area (Å²) in [6.45, 7) is 0.190. The van der Waals surface area contributed by atoms with Gasteiger partial charge in [0.15, 0.2) is 0 Å². The molecule has 0 saturated carbocycles. The minimum atomic E-state index is -8.82. The molecule has 0 aliphatic heterocycles. The second kappa shape index (κ2) is 7.91. The average molecular weight is 535 g/mol. The van der Waals surface area contributed by atoms with Crippen molar-refractivity contribution in [3.05, 3.63) is 0 Å². The first kappa shape index (κ1) is 30.8. The van der Waals surface area contributed by atoms with Crippen molar-refractivity contribution >= 4 is 11.9 Å². The van der Waals surface area contributed by atoms with Crippen LogP contribution < -0.4 is 5.32 Å². The summed E-state index contributed by atoms with van der Waals surface area (Å²) in [7, 11) is 0. The Balaban J connectivity index is 6.70. The SMILES string of the molecule is CC(NC(=O)C(F)(F)C(F)(F)C(F)(F)C(F)(F)C(F)(F)C(F)(F)C(F)(F)C(F)(F)F)C(=O)O. The third-order valence-corrected chi connectivity index (χ3v) is 3.73. The molecule has 0 radical (unpaired) electrons. The summed E-state index contributed by atoms with van der Waals surface area (Å²) in [4.78, 5) is 21.3. The van der Waals surface area contributed by atoms with Crippen LogP contribution in [0.25, 0.3) is 0 Å². The summed E-state index contributed by atoms with van der Waals surface area (Å²) in [6, 6.07) is -2.66. The lowest BCUT2D eigenvalue weighted by molar-refractivity contribution is -0.459. The molecule has 21 heteroatoms. The molecule has 0 fully saturated rings. The van der Waals surface area contributed by atoms with Gasteiger partial charge in [-0.15, -0.1) is 0 Å². The summed E-state index contributed by atoms with van der Waals surface area (Å²) >= 11 is 0. The molecule has 0 saturated heterocycles. The number of rotatable bonds is 9. The average Bonchev–Trinajstić information content (AvgIpc) is 2.59. The number of aliphatic carboxylic acids is 1. The maximum Gasteiger partial charge on any atom is 0.460 e. The highest BCUT2D eigenvalue weighted by molar-refractivity contribution is 5.88. The van der Waals surface area contributed by atoms with E-state index in [1.54, 1.807) is 0 Å². The van der Waals surface area contributed by atoms with Gasteiger partial charge in [0.1, 0.15) is 6.04 Å². The minimum absolute atomic E-state index is 0.190. The highest BCUT2D eigenvalue weighted by Crippen LogP contribution is 2.63. The van der Waals surface area contributed by atoms with Crippen LogP contribution in [-0.2, 0) is 9.59 Å². The van der Waals surface area contributed by atoms with Gasteiger partial charge in [0, 0.05) is 0 Å². The maximum atomic E-state index is 13.4. The van der Waals surface area contributed by atoms with Gasteiger partial charge in [0.05, 0.1) is 0 Å². The number of alkyl halides is 17. The van der Waals surface area contributed by atoms with E-state index in [-0.39, 0.29) is 6.92 Å². The highest BCUT2D eigenvalue weighted by atomic mass is 19.4. The number of hydrogen-bond donors (Lipinski definition) is 2. The summed E-state index contributed by atoms with van der Waals surface area (Å²) < 4.78 is 221. The predicted molar refractivity (Wildman–Crippen MR) is 65.9 cm³/mol. The molecule has 4 nitrogen and oxygen atoms in total. The van der Waals surface area contributed by atoms with E-state index in [9.17, 15) is 84.2 Å². The van der Waals surface area contributed by atoms with E-state index < -0.39 is 65.6 Å². The molecule has 0 heterocycles. The van der Waals surface area contributed by atoms with Crippen molar-refractivity contribution in [3.63, 3.8) is 0 Å². The van der Waals surface area contributed by atoms with Gasteiger partial charge in [-0.25, -0.2) is 0 Å². The smallest absolute Gasteiger partial charge is 0.460 e. The zero-order valence-electron chi connectivity index (χ0n) is 14.8. The Morgan fingerprint density at radius 1 is 0.576 bits per heavy atom. The van der Waals surface area contributed by atoms with E-state index >= 15 is 0 Å². The quantitative estimate of drug-likeness (QED) is 0.425. The summed E-state index contributed by atoms with van der Waals surface area (Å²) in [6.07, 6.45) is -7.87. The van der Waals surface area contributed by atoms with Gasteiger partial charge in [-0.1, -0.05) is 0 Å². The van der Waals surface area contributed by atoms with Gasteiger partial charge in [-0.2, -0.15) is 74.6 Å². The predicted octanol–water partition coefficient (Wildman–Crippen LogP) is 4.59. The Kier molecular flexibility index (Phi) is 7.37. The van der Waals surface area contributed by atoms with Crippen molar-refractivity contribution in [2.45, 2.75) is 60.6 Å². The van der Waals surface area contributed by atoms with Gasteiger partial charge < -0.3 is 10.4 Å². The molecule has 1 unspecified atom stereocenters. The van der Waals surface area contributed by atoms with Gasteiger partial charge in [0.25, 0.3) is 5.91 Å². The second-order valence-electron chi connectivity index (χ2n) is 6.05. The molecule has 1 atom stereocenters. The Morgan fingerprint density at radius 2 is 0.848 bits per heavy atom. The Hall–Kier alpha value is -2.25. The van der Waals surface area contributed by atoms with E-state index in [0.717, 1.165) is 0 Å². The summed E-state index contributed by atoms with van der Waals surface area (Å²) in [5.41, 5.74) is 0.